The van der Waals surface area contributed by atoms with E-state index in [-0.39, 0.29) is 18.5 Å². The van der Waals surface area contributed by atoms with E-state index in [0.717, 1.165) is 33.8 Å². The summed E-state index contributed by atoms with van der Waals surface area (Å²) < 4.78 is 35.8. The van der Waals surface area contributed by atoms with Crippen molar-refractivity contribution < 1.29 is 28.2 Å². The first kappa shape index (κ1) is 28.8. The van der Waals surface area contributed by atoms with E-state index in [2.05, 4.69) is 31.3 Å². The Balaban J connectivity index is 1.61. The van der Waals surface area contributed by atoms with Crippen LogP contribution in [0.2, 0.25) is 0 Å². The van der Waals surface area contributed by atoms with E-state index in [4.69, 9.17) is 9.84 Å². The van der Waals surface area contributed by atoms with Crippen molar-refractivity contribution in [1.29, 1.82) is 0 Å². The molecule has 0 aliphatic rings. The lowest BCUT2D eigenvalue weighted by atomic mass is 9.98. The van der Waals surface area contributed by atoms with Crippen LogP contribution in [-0.2, 0) is 11.3 Å². The minimum absolute atomic E-state index is 0.178. The molecule has 1 heterocycles. The number of hydrogen-bond acceptors (Lipinski definition) is 3. The molecule has 6 nitrogen and oxygen atoms in total. The van der Waals surface area contributed by atoms with Crippen molar-refractivity contribution in [3.8, 4) is 5.75 Å². The number of amides is 1. The number of carboxylic acid groups (broad SMARTS) is 1. The van der Waals surface area contributed by atoms with E-state index in [1.807, 2.05) is 49.6 Å². The number of benzene rings is 3. The first-order valence-corrected chi connectivity index (χ1v) is 13.2. The van der Waals surface area contributed by atoms with Gasteiger partial charge >= 0.3 is 5.97 Å². The molecule has 1 amide bonds. The molecule has 40 heavy (non-hydrogen) atoms. The fourth-order valence-electron chi connectivity index (χ4n) is 4.76. The summed E-state index contributed by atoms with van der Waals surface area (Å²) in [5.74, 6) is -3.90. The summed E-state index contributed by atoms with van der Waals surface area (Å²) in [5, 5.41) is 13.0. The van der Waals surface area contributed by atoms with Crippen molar-refractivity contribution in [1.82, 2.24) is 9.88 Å². The van der Waals surface area contributed by atoms with Crippen molar-refractivity contribution in [3.05, 3.63) is 99.7 Å². The number of carbonyl (C=O) groups excluding carboxylic acids is 1. The number of carboxylic acids is 1. The molecule has 0 radical (unpaired) electrons. The normalized spacial score (nSPS) is 12.9. The molecular formula is C32H34F2N2O4. The van der Waals surface area contributed by atoms with Crippen LogP contribution >= 0.6 is 0 Å². The third kappa shape index (κ3) is 5.86. The van der Waals surface area contributed by atoms with Crippen LogP contribution in [0.15, 0.2) is 54.6 Å². The zero-order chi connectivity index (χ0) is 29.3. The SMILES string of the molecule is Cc1c(C)n(Cc2cc(F)c(F)c(OC(C)C(=O)O)c2)c2ccc(C(=O)N[C@@H](C)c3cccc(C(C)C)c3)cc12. The number of aliphatic carboxylic acids is 1. The van der Waals surface area contributed by atoms with E-state index in [1.165, 1.54) is 18.6 Å². The average Bonchev–Trinajstić information content (AvgIpc) is 3.15. The highest BCUT2D eigenvalue weighted by Gasteiger charge is 2.21. The van der Waals surface area contributed by atoms with Crippen molar-refractivity contribution in [2.24, 2.45) is 0 Å². The van der Waals surface area contributed by atoms with E-state index < -0.39 is 29.5 Å². The van der Waals surface area contributed by atoms with Crippen LogP contribution in [0, 0.1) is 25.5 Å². The Morgan fingerprint density at radius 2 is 1.68 bits per heavy atom. The van der Waals surface area contributed by atoms with Crippen LogP contribution in [0.25, 0.3) is 10.9 Å². The highest BCUT2D eigenvalue weighted by Crippen LogP contribution is 2.30. The summed E-state index contributed by atoms with van der Waals surface area (Å²) in [6, 6.07) is 15.9. The van der Waals surface area contributed by atoms with Crippen molar-refractivity contribution >= 4 is 22.8 Å². The van der Waals surface area contributed by atoms with Gasteiger partial charge in [-0.3, -0.25) is 4.79 Å². The molecule has 2 atom stereocenters. The third-order valence-corrected chi connectivity index (χ3v) is 7.37. The predicted molar refractivity (Wildman–Crippen MR) is 151 cm³/mol. The molecule has 0 saturated heterocycles. The largest absolute Gasteiger partial charge is 0.479 e. The summed E-state index contributed by atoms with van der Waals surface area (Å²) in [6.07, 6.45) is -1.34. The van der Waals surface area contributed by atoms with Gasteiger partial charge in [0.1, 0.15) is 0 Å². The molecule has 0 fully saturated rings. The lowest BCUT2D eigenvalue weighted by Crippen LogP contribution is -2.26. The van der Waals surface area contributed by atoms with Gasteiger partial charge in [0.25, 0.3) is 5.91 Å². The second-order valence-electron chi connectivity index (χ2n) is 10.5. The molecule has 210 valence electrons. The van der Waals surface area contributed by atoms with Gasteiger partial charge in [-0.15, -0.1) is 0 Å². The Bertz CT molecular complexity index is 1590. The maximum absolute atomic E-state index is 14.4. The van der Waals surface area contributed by atoms with Gasteiger partial charge < -0.3 is 19.7 Å². The molecule has 8 heteroatoms. The van der Waals surface area contributed by atoms with Gasteiger partial charge in [-0.2, -0.15) is 4.39 Å². The lowest BCUT2D eigenvalue weighted by Gasteiger charge is -2.17. The van der Waals surface area contributed by atoms with E-state index in [1.54, 1.807) is 6.07 Å². The number of aryl methyl sites for hydroxylation is 1. The number of halogens is 2. The summed E-state index contributed by atoms with van der Waals surface area (Å²) in [7, 11) is 0. The van der Waals surface area contributed by atoms with Gasteiger partial charge in [0.2, 0.25) is 5.82 Å². The smallest absolute Gasteiger partial charge is 0.344 e. The number of aromatic nitrogens is 1. The number of rotatable bonds is 9. The van der Waals surface area contributed by atoms with Crippen molar-refractivity contribution in [2.75, 3.05) is 0 Å². The number of ether oxygens (including phenoxy) is 1. The average molecular weight is 549 g/mol. The molecule has 4 rings (SSSR count). The third-order valence-electron chi connectivity index (χ3n) is 7.37. The van der Waals surface area contributed by atoms with E-state index >= 15 is 0 Å². The van der Waals surface area contributed by atoms with Crippen molar-refractivity contribution in [3.63, 3.8) is 0 Å². The number of nitrogens with one attached hydrogen (secondary N) is 1. The van der Waals surface area contributed by atoms with Gasteiger partial charge in [-0.1, -0.05) is 38.1 Å². The molecule has 4 aromatic rings. The molecule has 0 aliphatic carbocycles. The van der Waals surface area contributed by atoms with Gasteiger partial charge in [0, 0.05) is 28.7 Å². The molecule has 0 spiro atoms. The number of hydrogen-bond donors (Lipinski definition) is 2. The number of carbonyl (C=O) groups is 2. The van der Waals surface area contributed by atoms with Crippen LogP contribution in [0.3, 0.4) is 0 Å². The Hall–Kier alpha value is -4.20. The zero-order valence-corrected chi connectivity index (χ0v) is 23.5. The minimum atomic E-state index is -1.34. The number of nitrogens with zero attached hydrogens (tertiary/aromatic N) is 1. The van der Waals surface area contributed by atoms with Gasteiger partial charge in [-0.05, 0) is 86.2 Å². The molecule has 1 unspecified atom stereocenters. The molecule has 0 saturated carbocycles. The summed E-state index contributed by atoms with van der Waals surface area (Å²) in [6.45, 7) is 11.5. The summed E-state index contributed by atoms with van der Waals surface area (Å²) in [5.41, 5.74) is 5.86. The Morgan fingerprint density at radius 3 is 2.35 bits per heavy atom. The fraction of sp³-hybridized carbons (Fsp3) is 0.312. The highest BCUT2D eigenvalue weighted by molar-refractivity contribution is 5.99. The monoisotopic (exact) mass is 548 g/mol. The quantitative estimate of drug-likeness (QED) is 0.235. The predicted octanol–water partition coefficient (Wildman–Crippen LogP) is 7.05. The van der Waals surface area contributed by atoms with Crippen molar-refractivity contribution in [2.45, 2.75) is 66.2 Å². The minimum Gasteiger partial charge on any atom is -0.479 e. The van der Waals surface area contributed by atoms with Crippen LogP contribution < -0.4 is 10.1 Å². The summed E-state index contributed by atoms with van der Waals surface area (Å²) >= 11 is 0. The van der Waals surface area contributed by atoms with Crippen LogP contribution in [0.5, 0.6) is 5.75 Å². The van der Waals surface area contributed by atoms with Crippen LogP contribution in [-0.4, -0.2) is 27.7 Å². The Kier molecular flexibility index (Phi) is 8.28. The standard InChI is InChI=1S/C32H34F2N2O4/c1-17(2)23-8-7-9-24(14-23)19(4)35-31(37)25-10-11-28-26(15-25)18(3)20(5)36(28)16-22-12-27(33)30(34)29(13-22)40-21(6)32(38)39/h7-15,17,19,21H,16H2,1-6H3,(H,35,37)(H,38,39)/t19-,21?/m0/s1. The van der Waals surface area contributed by atoms with Crippen LogP contribution in [0.1, 0.15) is 78.0 Å². The van der Waals surface area contributed by atoms with Crippen LogP contribution in [0.4, 0.5) is 8.78 Å². The highest BCUT2D eigenvalue weighted by atomic mass is 19.2. The Morgan fingerprint density at radius 1 is 0.975 bits per heavy atom. The second-order valence-corrected chi connectivity index (χ2v) is 10.5. The summed E-state index contributed by atoms with van der Waals surface area (Å²) in [4.78, 5) is 24.3. The lowest BCUT2D eigenvalue weighted by molar-refractivity contribution is -0.144. The molecular weight excluding hydrogens is 514 g/mol. The number of fused-ring (bicyclic) bond motifs is 1. The second kappa shape index (κ2) is 11.5. The van der Waals surface area contributed by atoms with Gasteiger partial charge in [-0.25, -0.2) is 9.18 Å². The molecule has 0 bridgehead atoms. The maximum atomic E-state index is 14.4. The molecule has 1 aromatic heterocycles. The molecule has 3 aromatic carbocycles. The first-order valence-electron chi connectivity index (χ1n) is 13.2. The maximum Gasteiger partial charge on any atom is 0.344 e. The molecule has 0 aliphatic heterocycles. The van der Waals surface area contributed by atoms with Gasteiger partial charge in [0.15, 0.2) is 17.7 Å². The topological polar surface area (TPSA) is 80.6 Å². The zero-order valence-electron chi connectivity index (χ0n) is 23.5. The first-order chi connectivity index (χ1) is 18.9. The molecule has 2 N–H and O–H groups in total. The van der Waals surface area contributed by atoms with E-state index in [0.29, 0.717) is 17.0 Å². The Labute approximate surface area is 232 Å². The van der Waals surface area contributed by atoms with Gasteiger partial charge in [0.05, 0.1) is 6.04 Å². The van der Waals surface area contributed by atoms with E-state index in [9.17, 15) is 18.4 Å². The fourth-order valence-corrected chi connectivity index (χ4v) is 4.76.